The average molecular weight is 264 g/mol. The Bertz CT molecular complexity index is 473. The van der Waals surface area contributed by atoms with E-state index in [9.17, 15) is 9.18 Å². The number of hydrogen-bond acceptors (Lipinski definition) is 2. The number of nitrogens with zero attached hydrogens (tertiary/aromatic N) is 1. The summed E-state index contributed by atoms with van der Waals surface area (Å²) in [6.07, 6.45) is 2.06. The second-order valence-corrected chi connectivity index (χ2v) is 5.47. The molecule has 0 saturated carbocycles. The summed E-state index contributed by atoms with van der Waals surface area (Å²) in [5, 5.41) is 0. The highest BCUT2D eigenvalue weighted by Gasteiger charge is 2.27. The maximum Gasteiger partial charge on any atom is 0.254 e. The van der Waals surface area contributed by atoms with Crippen LogP contribution in [-0.2, 0) is 0 Å². The summed E-state index contributed by atoms with van der Waals surface area (Å²) in [7, 11) is 0. The van der Waals surface area contributed by atoms with Gasteiger partial charge in [0.15, 0.2) is 0 Å². The van der Waals surface area contributed by atoms with Gasteiger partial charge < -0.3 is 10.6 Å². The first-order valence-corrected chi connectivity index (χ1v) is 6.80. The van der Waals surface area contributed by atoms with E-state index < -0.39 is 0 Å². The fourth-order valence-electron chi connectivity index (χ4n) is 2.66. The zero-order chi connectivity index (χ0) is 14.0. The van der Waals surface area contributed by atoms with Gasteiger partial charge in [0.1, 0.15) is 5.82 Å². The molecule has 1 aliphatic rings. The van der Waals surface area contributed by atoms with Gasteiger partial charge in [-0.25, -0.2) is 4.39 Å². The summed E-state index contributed by atoms with van der Waals surface area (Å²) in [6, 6.07) is 4.42. The van der Waals surface area contributed by atoms with Crippen LogP contribution in [0.1, 0.15) is 35.7 Å². The summed E-state index contributed by atoms with van der Waals surface area (Å²) >= 11 is 0. The first-order valence-electron chi connectivity index (χ1n) is 6.80. The van der Waals surface area contributed by atoms with Crippen molar-refractivity contribution in [3.8, 4) is 0 Å². The number of carbonyl (C=O) groups is 1. The SMILES string of the molecule is Cc1cc(F)ccc1C(=O)N1CCCC(C(C)N)C1. The Hall–Kier alpha value is -1.42. The van der Waals surface area contributed by atoms with Gasteiger partial charge in [-0.15, -0.1) is 0 Å². The lowest BCUT2D eigenvalue weighted by atomic mass is 9.91. The van der Waals surface area contributed by atoms with Crippen molar-refractivity contribution in [3.05, 3.63) is 35.1 Å². The van der Waals surface area contributed by atoms with Crippen LogP contribution in [0.2, 0.25) is 0 Å². The quantitative estimate of drug-likeness (QED) is 0.891. The van der Waals surface area contributed by atoms with Crippen LogP contribution in [0.4, 0.5) is 4.39 Å². The number of aryl methyl sites for hydroxylation is 1. The van der Waals surface area contributed by atoms with Crippen LogP contribution >= 0.6 is 0 Å². The van der Waals surface area contributed by atoms with E-state index in [0.717, 1.165) is 19.4 Å². The van der Waals surface area contributed by atoms with E-state index in [4.69, 9.17) is 5.73 Å². The normalized spacial score (nSPS) is 21.3. The molecule has 1 aromatic carbocycles. The van der Waals surface area contributed by atoms with Crippen molar-refractivity contribution in [1.29, 1.82) is 0 Å². The van der Waals surface area contributed by atoms with Gasteiger partial charge in [0.05, 0.1) is 0 Å². The Kier molecular flexibility index (Phi) is 4.20. The molecule has 1 amide bonds. The van der Waals surface area contributed by atoms with E-state index in [1.54, 1.807) is 13.0 Å². The molecule has 2 unspecified atom stereocenters. The fraction of sp³-hybridized carbons (Fsp3) is 0.533. The van der Waals surface area contributed by atoms with Crippen molar-refractivity contribution in [2.45, 2.75) is 32.7 Å². The molecule has 1 saturated heterocycles. The molecule has 2 rings (SSSR count). The van der Waals surface area contributed by atoms with Crippen molar-refractivity contribution in [1.82, 2.24) is 4.90 Å². The molecule has 1 heterocycles. The third-order valence-corrected chi connectivity index (χ3v) is 3.91. The largest absolute Gasteiger partial charge is 0.338 e. The minimum atomic E-state index is -0.304. The molecule has 2 N–H and O–H groups in total. The van der Waals surface area contributed by atoms with E-state index in [1.165, 1.54) is 12.1 Å². The monoisotopic (exact) mass is 264 g/mol. The Morgan fingerprint density at radius 1 is 1.53 bits per heavy atom. The van der Waals surface area contributed by atoms with Crippen LogP contribution in [0, 0.1) is 18.7 Å². The molecule has 1 aliphatic heterocycles. The third kappa shape index (κ3) is 3.13. The summed E-state index contributed by atoms with van der Waals surface area (Å²) < 4.78 is 13.1. The number of carbonyl (C=O) groups excluding carboxylic acids is 1. The zero-order valence-corrected chi connectivity index (χ0v) is 11.5. The molecule has 0 spiro atoms. The topological polar surface area (TPSA) is 46.3 Å². The molecule has 4 heteroatoms. The highest BCUT2D eigenvalue weighted by molar-refractivity contribution is 5.95. The van der Waals surface area contributed by atoms with Crippen molar-refractivity contribution < 1.29 is 9.18 Å². The second kappa shape index (κ2) is 5.70. The highest BCUT2D eigenvalue weighted by Crippen LogP contribution is 2.21. The lowest BCUT2D eigenvalue weighted by Crippen LogP contribution is -2.45. The molecule has 1 fully saturated rings. The number of likely N-dealkylation sites (tertiary alicyclic amines) is 1. The van der Waals surface area contributed by atoms with Crippen LogP contribution in [-0.4, -0.2) is 29.9 Å². The number of rotatable bonds is 2. The number of benzene rings is 1. The summed E-state index contributed by atoms with van der Waals surface area (Å²) in [5.41, 5.74) is 7.21. The van der Waals surface area contributed by atoms with Crippen molar-refractivity contribution >= 4 is 5.91 Å². The van der Waals surface area contributed by atoms with Gasteiger partial charge in [0.25, 0.3) is 5.91 Å². The molecule has 3 nitrogen and oxygen atoms in total. The Morgan fingerprint density at radius 3 is 2.89 bits per heavy atom. The Morgan fingerprint density at radius 2 is 2.26 bits per heavy atom. The van der Waals surface area contributed by atoms with Gasteiger partial charge in [0.2, 0.25) is 0 Å². The smallest absolute Gasteiger partial charge is 0.254 e. The highest BCUT2D eigenvalue weighted by atomic mass is 19.1. The van der Waals surface area contributed by atoms with Crippen molar-refractivity contribution in [2.75, 3.05) is 13.1 Å². The van der Waals surface area contributed by atoms with E-state index in [-0.39, 0.29) is 17.8 Å². The van der Waals surface area contributed by atoms with Crippen molar-refractivity contribution in [2.24, 2.45) is 11.7 Å². The number of piperidine rings is 1. The summed E-state index contributed by atoms with van der Waals surface area (Å²) in [6.45, 7) is 5.22. The predicted molar refractivity (Wildman–Crippen MR) is 73.4 cm³/mol. The molecular formula is C15H21FN2O. The number of hydrogen-bond donors (Lipinski definition) is 1. The minimum Gasteiger partial charge on any atom is -0.338 e. The van der Waals surface area contributed by atoms with E-state index in [0.29, 0.717) is 23.6 Å². The molecular weight excluding hydrogens is 243 g/mol. The number of halogens is 1. The molecule has 0 radical (unpaired) electrons. The first-order chi connectivity index (χ1) is 8.99. The van der Waals surface area contributed by atoms with Gasteiger partial charge in [-0.05, 0) is 56.4 Å². The standard InChI is InChI=1S/C15H21FN2O/c1-10-8-13(16)5-6-14(10)15(19)18-7-3-4-12(9-18)11(2)17/h5-6,8,11-12H,3-4,7,9,17H2,1-2H3. The Balaban J connectivity index is 2.15. The molecule has 1 aromatic rings. The maximum atomic E-state index is 13.1. The summed E-state index contributed by atoms with van der Waals surface area (Å²) in [4.78, 5) is 14.3. The first kappa shape index (κ1) is 14.0. The van der Waals surface area contributed by atoms with E-state index in [2.05, 4.69) is 0 Å². The number of nitrogens with two attached hydrogens (primary N) is 1. The second-order valence-electron chi connectivity index (χ2n) is 5.47. The van der Waals surface area contributed by atoms with Crippen LogP contribution in [0.3, 0.4) is 0 Å². The molecule has 0 aromatic heterocycles. The van der Waals surface area contributed by atoms with Crippen LogP contribution < -0.4 is 5.73 Å². The van der Waals surface area contributed by atoms with Gasteiger partial charge in [-0.3, -0.25) is 4.79 Å². The van der Waals surface area contributed by atoms with Gasteiger partial charge in [0, 0.05) is 24.7 Å². The number of amides is 1. The van der Waals surface area contributed by atoms with E-state index >= 15 is 0 Å². The van der Waals surface area contributed by atoms with Gasteiger partial charge in [-0.2, -0.15) is 0 Å². The van der Waals surface area contributed by atoms with Gasteiger partial charge >= 0.3 is 0 Å². The lowest BCUT2D eigenvalue weighted by Gasteiger charge is -2.35. The summed E-state index contributed by atoms with van der Waals surface area (Å²) in [5.74, 6) is 0.0439. The molecule has 19 heavy (non-hydrogen) atoms. The van der Waals surface area contributed by atoms with E-state index in [1.807, 2.05) is 11.8 Å². The zero-order valence-electron chi connectivity index (χ0n) is 11.5. The maximum absolute atomic E-state index is 13.1. The van der Waals surface area contributed by atoms with Crippen LogP contribution in [0.15, 0.2) is 18.2 Å². The van der Waals surface area contributed by atoms with Crippen molar-refractivity contribution in [3.63, 3.8) is 0 Å². The molecule has 104 valence electrons. The van der Waals surface area contributed by atoms with Crippen LogP contribution in [0.25, 0.3) is 0 Å². The van der Waals surface area contributed by atoms with Crippen LogP contribution in [0.5, 0.6) is 0 Å². The minimum absolute atomic E-state index is 0.0112. The average Bonchev–Trinajstić information content (AvgIpc) is 2.38. The molecule has 0 aliphatic carbocycles. The lowest BCUT2D eigenvalue weighted by molar-refractivity contribution is 0.0660. The molecule has 2 atom stereocenters. The predicted octanol–water partition coefficient (Wildman–Crippen LogP) is 2.33. The third-order valence-electron chi connectivity index (χ3n) is 3.91. The van der Waals surface area contributed by atoms with Gasteiger partial charge in [-0.1, -0.05) is 0 Å². The fourth-order valence-corrected chi connectivity index (χ4v) is 2.66. The molecule has 0 bridgehead atoms. The Labute approximate surface area is 113 Å².